The number of hydrogen-bond donors (Lipinski definition) is 2. The first-order valence-electron chi connectivity index (χ1n) is 13.1. The summed E-state index contributed by atoms with van der Waals surface area (Å²) in [5, 5.41) is 19.1. The Labute approximate surface area is 210 Å². The van der Waals surface area contributed by atoms with Crippen molar-refractivity contribution in [1.29, 1.82) is 0 Å². The number of amides is 1. The second-order valence-corrected chi connectivity index (χ2v) is 12.7. The molecule has 0 radical (unpaired) electrons. The molecule has 0 saturated heterocycles. The monoisotopic (exact) mass is 491 g/mol. The van der Waals surface area contributed by atoms with E-state index in [2.05, 4.69) is 27.7 Å². The Balaban J connectivity index is 1.81. The van der Waals surface area contributed by atoms with Crippen LogP contribution in [0.2, 0.25) is 0 Å². The SMILES string of the molecule is CC1C(=CC(=O)N(C)CCO)CCC2C1C(=O)CC1C(C)(C)C(OC(=O)CC(C)(C)O)CCC21C. The minimum atomic E-state index is -1.11. The summed E-state index contributed by atoms with van der Waals surface area (Å²) in [7, 11) is 1.68. The van der Waals surface area contributed by atoms with Gasteiger partial charge in [-0.2, -0.15) is 0 Å². The van der Waals surface area contributed by atoms with E-state index in [1.54, 1.807) is 27.0 Å². The number of Topliss-reactive ketones (excluding diaryl/α,β-unsaturated/α-hetero) is 1. The molecule has 1 amide bonds. The van der Waals surface area contributed by atoms with E-state index >= 15 is 0 Å². The predicted molar refractivity (Wildman–Crippen MR) is 133 cm³/mol. The molecule has 0 aromatic rings. The molecule has 0 heterocycles. The molecule has 6 unspecified atom stereocenters. The Hall–Kier alpha value is -1.73. The lowest BCUT2D eigenvalue weighted by Gasteiger charge is -2.62. The van der Waals surface area contributed by atoms with Crippen LogP contribution in [0.5, 0.6) is 0 Å². The Morgan fingerprint density at radius 3 is 2.49 bits per heavy atom. The predicted octanol–water partition coefficient (Wildman–Crippen LogP) is 3.51. The fourth-order valence-electron chi connectivity index (χ4n) is 7.39. The maximum atomic E-state index is 13.6. The fraction of sp³-hybridized carbons (Fsp3) is 0.821. The highest BCUT2D eigenvalue weighted by atomic mass is 16.5. The van der Waals surface area contributed by atoms with Crippen LogP contribution in [0.1, 0.15) is 80.1 Å². The number of carbonyl (C=O) groups is 3. The molecule has 7 nitrogen and oxygen atoms in total. The highest BCUT2D eigenvalue weighted by molar-refractivity contribution is 5.89. The highest BCUT2D eigenvalue weighted by Gasteiger charge is 2.62. The van der Waals surface area contributed by atoms with Gasteiger partial charge in [0.05, 0.1) is 18.6 Å². The van der Waals surface area contributed by atoms with Crippen molar-refractivity contribution in [2.45, 2.75) is 91.8 Å². The number of aliphatic hydroxyl groups is 2. The van der Waals surface area contributed by atoms with Gasteiger partial charge in [0.1, 0.15) is 11.9 Å². The van der Waals surface area contributed by atoms with Crippen molar-refractivity contribution in [2.75, 3.05) is 20.2 Å². The van der Waals surface area contributed by atoms with E-state index < -0.39 is 11.6 Å². The molecule has 0 spiro atoms. The van der Waals surface area contributed by atoms with Crippen molar-refractivity contribution in [2.24, 2.45) is 34.5 Å². The third-order valence-electron chi connectivity index (χ3n) is 9.37. The fourth-order valence-corrected chi connectivity index (χ4v) is 7.39. The molecule has 198 valence electrons. The van der Waals surface area contributed by atoms with Gasteiger partial charge in [0.2, 0.25) is 5.91 Å². The van der Waals surface area contributed by atoms with Crippen LogP contribution in [0, 0.1) is 34.5 Å². The van der Waals surface area contributed by atoms with Crippen LogP contribution in [-0.2, 0) is 19.1 Å². The first-order valence-corrected chi connectivity index (χ1v) is 13.1. The second-order valence-electron chi connectivity index (χ2n) is 12.7. The zero-order valence-electron chi connectivity index (χ0n) is 22.6. The molecule has 2 N–H and O–H groups in total. The topological polar surface area (TPSA) is 104 Å². The number of allylic oxidation sites excluding steroid dienone is 1. The number of ketones is 1. The highest BCUT2D eigenvalue weighted by Crippen LogP contribution is 2.64. The quantitative estimate of drug-likeness (QED) is 0.435. The van der Waals surface area contributed by atoms with Crippen molar-refractivity contribution >= 4 is 17.7 Å². The number of rotatable bonds is 6. The summed E-state index contributed by atoms with van der Waals surface area (Å²) in [6.45, 7) is 12.1. The minimum absolute atomic E-state index is 0.0101. The van der Waals surface area contributed by atoms with Crippen molar-refractivity contribution in [3.8, 4) is 0 Å². The summed E-state index contributed by atoms with van der Waals surface area (Å²) in [5.41, 5.74) is -0.481. The summed E-state index contributed by atoms with van der Waals surface area (Å²) >= 11 is 0. The minimum Gasteiger partial charge on any atom is -0.462 e. The number of ether oxygens (including phenoxy) is 1. The zero-order chi connectivity index (χ0) is 26.3. The molecule has 3 fully saturated rings. The summed E-state index contributed by atoms with van der Waals surface area (Å²) in [6.07, 6.45) is 5.11. The average molecular weight is 492 g/mol. The van der Waals surface area contributed by atoms with Gasteiger partial charge in [-0.25, -0.2) is 0 Å². The van der Waals surface area contributed by atoms with Crippen LogP contribution in [0.3, 0.4) is 0 Å². The van der Waals surface area contributed by atoms with E-state index in [4.69, 9.17) is 9.84 Å². The average Bonchev–Trinajstić information content (AvgIpc) is 2.72. The van der Waals surface area contributed by atoms with Crippen molar-refractivity contribution in [3.05, 3.63) is 11.6 Å². The molecule has 3 aliphatic carbocycles. The van der Waals surface area contributed by atoms with Gasteiger partial charge in [-0.1, -0.05) is 33.3 Å². The lowest BCUT2D eigenvalue weighted by Crippen LogP contribution is -2.60. The standard InChI is InChI=1S/C28H45NO6/c1-17-18(14-23(32)29(7)12-13-30)8-9-19-25(17)20(31)15-21-27(4,5)22(10-11-28(19,21)6)35-24(33)16-26(2,3)34/h14,17,19,21-22,25,30,34H,8-13,15-16H2,1-7H3. The van der Waals surface area contributed by atoms with E-state index in [1.165, 1.54) is 4.90 Å². The van der Waals surface area contributed by atoms with Gasteiger partial charge in [-0.15, -0.1) is 0 Å². The second kappa shape index (κ2) is 9.97. The van der Waals surface area contributed by atoms with Crippen molar-refractivity contribution in [3.63, 3.8) is 0 Å². The normalized spacial score (nSPS) is 35.7. The summed E-state index contributed by atoms with van der Waals surface area (Å²) in [4.78, 5) is 40.2. The third-order valence-corrected chi connectivity index (χ3v) is 9.37. The van der Waals surface area contributed by atoms with Crippen LogP contribution in [0.25, 0.3) is 0 Å². The van der Waals surface area contributed by atoms with Gasteiger partial charge in [-0.3, -0.25) is 14.4 Å². The molecule has 0 aromatic carbocycles. The summed E-state index contributed by atoms with van der Waals surface area (Å²) in [5.74, 6) is -0.0141. The number of esters is 1. The zero-order valence-corrected chi connectivity index (χ0v) is 22.6. The van der Waals surface area contributed by atoms with Gasteiger partial charge in [0, 0.05) is 37.4 Å². The van der Waals surface area contributed by atoms with E-state index in [0.29, 0.717) is 13.0 Å². The first kappa shape index (κ1) is 27.9. The molecule has 35 heavy (non-hydrogen) atoms. The Bertz CT molecular complexity index is 871. The van der Waals surface area contributed by atoms with Gasteiger partial charge in [0.25, 0.3) is 0 Å². The van der Waals surface area contributed by atoms with Crippen LogP contribution >= 0.6 is 0 Å². The molecule has 0 aromatic heterocycles. The van der Waals surface area contributed by atoms with Crippen LogP contribution in [0.4, 0.5) is 0 Å². The Kier molecular flexibility index (Phi) is 7.93. The lowest BCUT2D eigenvalue weighted by atomic mass is 9.42. The van der Waals surface area contributed by atoms with Crippen LogP contribution < -0.4 is 0 Å². The van der Waals surface area contributed by atoms with E-state index in [9.17, 15) is 19.5 Å². The lowest BCUT2D eigenvalue weighted by molar-refractivity contribution is -0.191. The number of likely N-dealkylation sites (N-methyl/N-ethyl adjacent to an activating group) is 1. The van der Waals surface area contributed by atoms with Crippen molar-refractivity contribution in [1.82, 2.24) is 4.90 Å². The molecular formula is C28H45NO6. The smallest absolute Gasteiger partial charge is 0.308 e. The molecule has 3 rings (SSSR count). The largest absolute Gasteiger partial charge is 0.462 e. The first-order chi connectivity index (χ1) is 16.1. The Morgan fingerprint density at radius 1 is 1.23 bits per heavy atom. The molecular weight excluding hydrogens is 446 g/mol. The van der Waals surface area contributed by atoms with Gasteiger partial charge in [0.15, 0.2) is 0 Å². The number of fused-ring (bicyclic) bond motifs is 3. The molecule has 3 saturated carbocycles. The number of aliphatic hydroxyl groups excluding tert-OH is 1. The summed E-state index contributed by atoms with van der Waals surface area (Å²) in [6, 6.07) is 0. The van der Waals surface area contributed by atoms with Crippen molar-refractivity contribution < 1.29 is 29.3 Å². The van der Waals surface area contributed by atoms with Gasteiger partial charge >= 0.3 is 5.97 Å². The summed E-state index contributed by atoms with van der Waals surface area (Å²) < 4.78 is 5.89. The van der Waals surface area contributed by atoms with E-state index in [-0.39, 0.29) is 65.3 Å². The Morgan fingerprint density at radius 2 is 1.89 bits per heavy atom. The van der Waals surface area contributed by atoms with Crippen LogP contribution in [0.15, 0.2) is 11.6 Å². The molecule has 7 heteroatoms. The third kappa shape index (κ3) is 5.51. The van der Waals surface area contributed by atoms with E-state index in [1.807, 2.05) is 0 Å². The number of nitrogens with zero attached hydrogens (tertiary/aromatic N) is 1. The number of carbonyl (C=O) groups excluding carboxylic acids is 3. The van der Waals surface area contributed by atoms with Crippen LogP contribution in [-0.4, -0.2) is 64.7 Å². The molecule has 0 bridgehead atoms. The number of hydrogen-bond acceptors (Lipinski definition) is 6. The molecule has 6 atom stereocenters. The van der Waals surface area contributed by atoms with Gasteiger partial charge in [-0.05, 0) is 62.7 Å². The van der Waals surface area contributed by atoms with E-state index in [0.717, 1.165) is 31.3 Å². The molecule has 3 aliphatic rings. The molecule has 0 aliphatic heterocycles. The van der Waals surface area contributed by atoms with Gasteiger partial charge < -0.3 is 19.8 Å². The maximum Gasteiger partial charge on any atom is 0.308 e. The maximum absolute atomic E-state index is 13.6.